The van der Waals surface area contributed by atoms with Crippen LogP contribution < -0.4 is 0 Å². The largest absolute Gasteiger partial charge is 0.481 e. The van der Waals surface area contributed by atoms with E-state index in [0.29, 0.717) is 5.69 Å². The lowest BCUT2D eigenvalue weighted by molar-refractivity contribution is -0.187. The molecule has 20 heavy (non-hydrogen) atoms. The molecule has 0 unspecified atom stereocenters. The quantitative estimate of drug-likeness (QED) is 0.853. The van der Waals surface area contributed by atoms with E-state index >= 15 is 0 Å². The zero-order valence-electron chi connectivity index (χ0n) is 10.4. The Morgan fingerprint density at radius 3 is 2.50 bits per heavy atom. The third kappa shape index (κ3) is 2.61. The lowest BCUT2D eigenvalue weighted by atomic mass is 9.96. The molecule has 2 heterocycles. The van der Waals surface area contributed by atoms with E-state index < -0.39 is 43.0 Å². The molecular formula is C11H12F3N3O3. The number of hydrogen-bond donors (Lipinski definition) is 2. The van der Waals surface area contributed by atoms with Crippen LogP contribution in [0.3, 0.4) is 0 Å². The molecule has 1 aromatic rings. The van der Waals surface area contributed by atoms with Gasteiger partial charge in [0.05, 0.1) is 11.8 Å². The van der Waals surface area contributed by atoms with Crippen LogP contribution in [0.4, 0.5) is 13.2 Å². The zero-order chi connectivity index (χ0) is 15.1. The summed E-state index contributed by atoms with van der Waals surface area (Å²) in [7, 11) is 0. The number of carbonyl (C=O) groups is 2. The van der Waals surface area contributed by atoms with E-state index in [-0.39, 0.29) is 5.69 Å². The van der Waals surface area contributed by atoms with E-state index in [1.165, 1.54) is 6.07 Å². The first-order valence-corrected chi connectivity index (χ1v) is 5.81. The standard InChI is InChI=1S/C11H12F3N3O3/c1-5-2-8(16-15-5)9(18)17-3-6(10(19)20)7(4-17)11(12,13)14/h2,6-7H,3-4H2,1H3,(H,15,16)(H,19,20)/t6-,7-/m1/s1. The van der Waals surface area contributed by atoms with Gasteiger partial charge in [-0.2, -0.15) is 18.3 Å². The number of nitrogens with one attached hydrogen (secondary N) is 1. The average Bonchev–Trinajstić information content (AvgIpc) is 2.93. The van der Waals surface area contributed by atoms with Gasteiger partial charge in [0.2, 0.25) is 0 Å². The van der Waals surface area contributed by atoms with Crippen LogP contribution in [0.5, 0.6) is 0 Å². The Hall–Kier alpha value is -2.06. The predicted molar refractivity (Wildman–Crippen MR) is 59.9 cm³/mol. The van der Waals surface area contributed by atoms with Gasteiger partial charge in [0.25, 0.3) is 5.91 Å². The maximum atomic E-state index is 12.8. The van der Waals surface area contributed by atoms with E-state index in [2.05, 4.69) is 10.2 Å². The topological polar surface area (TPSA) is 86.3 Å². The second-order valence-corrected chi connectivity index (χ2v) is 4.74. The molecule has 1 fully saturated rings. The summed E-state index contributed by atoms with van der Waals surface area (Å²) in [6, 6.07) is 1.40. The second-order valence-electron chi connectivity index (χ2n) is 4.74. The highest BCUT2D eigenvalue weighted by Crippen LogP contribution is 2.38. The van der Waals surface area contributed by atoms with Crippen LogP contribution >= 0.6 is 0 Å². The lowest BCUT2D eigenvalue weighted by Crippen LogP contribution is -2.34. The molecule has 0 radical (unpaired) electrons. The molecular weight excluding hydrogens is 279 g/mol. The van der Waals surface area contributed by atoms with E-state index in [9.17, 15) is 22.8 Å². The molecule has 1 aromatic heterocycles. The molecule has 9 heteroatoms. The number of rotatable bonds is 2. The number of amides is 1. The van der Waals surface area contributed by atoms with Crippen molar-refractivity contribution < 1.29 is 27.9 Å². The molecule has 1 amide bonds. The molecule has 6 nitrogen and oxygen atoms in total. The van der Waals surface area contributed by atoms with Crippen LogP contribution in [0.15, 0.2) is 6.07 Å². The van der Waals surface area contributed by atoms with Crippen molar-refractivity contribution in [1.29, 1.82) is 0 Å². The SMILES string of the molecule is Cc1cc(C(=O)N2C[C@@H](C(F)(F)F)[C@H](C(=O)O)C2)n[nH]1. The van der Waals surface area contributed by atoms with E-state index in [1.807, 2.05) is 0 Å². The summed E-state index contributed by atoms with van der Waals surface area (Å²) < 4.78 is 38.4. The maximum Gasteiger partial charge on any atom is 0.394 e. The Labute approximate surface area is 111 Å². The Bertz CT molecular complexity index is 541. The number of aromatic nitrogens is 2. The molecule has 2 N–H and O–H groups in total. The summed E-state index contributed by atoms with van der Waals surface area (Å²) in [5, 5.41) is 15.0. The van der Waals surface area contributed by atoms with Gasteiger partial charge in [-0.15, -0.1) is 0 Å². The number of halogens is 3. The molecule has 0 spiro atoms. The molecule has 110 valence electrons. The first-order valence-electron chi connectivity index (χ1n) is 5.81. The van der Waals surface area contributed by atoms with Gasteiger partial charge in [-0.3, -0.25) is 14.7 Å². The highest BCUT2D eigenvalue weighted by Gasteiger charge is 2.53. The van der Waals surface area contributed by atoms with Gasteiger partial charge in [0.15, 0.2) is 0 Å². The summed E-state index contributed by atoms with van der Waals surface area (Å²) in [5.41, 5.74) is 0.573. The maximum absolute atomic E-state index is 12.8. The van der Waals surface area contributed by atoms with Gasteiger partial charge in [-0.25, -0.2) is 0 Å². The van der Waals surface area contributed by atoms with Crippen LogP contribution in [0.25, 0.3) is 0 Å². The van der Waals surface area contributed by atoms with Gasteiger partial charge in [0, 0.05) is 18.8 Å². The van der Waals surface area contributed by atoms with Crippen molar-refractivity contribution in [3.8, 4) is 0 Å². The van der Waals surface area contributed by atoms with E-state index in [1.54, 1.807) is 6.92 Å². The summed E-state index contributed by atoms with van der Waals surface area (Å²) in [6.07, 6.45) is -4.65. The third-order valence-corrected chi connectivity index (χ3v) is 3.27. The number of likely N-dealkylation sites (tertiary alicyclic amines) is 1. The minimum absolute atomic E-state index is 0.0190. The molecule has 1 saturated heterocycles. The number of H-pyrrole nitrogens is 1. The number of alkyl halides is 3. The van der Waals surface area contributed by atoms with Crippen molar-refractivity contribution in [2.24, 2.45) is 11.8 Å². The van der Waals surface area contributed by atoms with E-state index in [0.717, 1.165) is 4.90 Å². The van der Waals surface area contributed by atoms with Crippen LogP contribution in [0, 0.1) is 18.8 Å². The predicted octanol–water partition coefficient (Wildman–Crippen LogP) is 1.05. The number of aromatic amines is 1. The summed E-state index contributed by atoms with van der Waals surface area (Å²) >= 11 is 0. The summed E-state index contributed by atoms with van der Waals surface area (Å²) in [4.78, 5) is 23.8. The second kappa shape index (κ2) is 4.80. The molecule has 2 rings (SSSR count). The molecule has 0 aliphatic carbocycles. The number of carboxylic acids is 1. The number of carboxylic acid groups (broad SMARTS) is 1. The van der Waals surface area contributed by atoms with Crippen LogP contribution in [0.2, 0.25) is 0 Å². The van der Waals surface area contributed by atoms with Crippen molar-refractivity contribution in [1.82, 2.24) is 15.1 Å². The first-order chi connectivity index (χ1) is 9.20. The number of aryl methyl sites for hydroxylation is 1. The Morgan fingerprint density at radius 1 is 1.45 bits per heavy atom. The Kier molecular flexibility index (Phi) is 3.45. The fraction of sp³-hybridized carbons (Fsp3) is 0.545. The molecule has 0 aromatic carbocycles. The van der Waals surface area contributed by atoms with Crippen molar-refractivity contribution in [2.75, 3.05) is 13.1 Å². The first kappa shape index (κ1) is 14.4. The smallest absolute Gasteiger partial charge is 0.394 e. The van der Waals surface area contributed by atoms with Gasteiger partial charge in [0.1, 0.15) is 5.69 Å². The fourth-order valence-corrected chi connectivity index (χ4v) is 2.24. The minimum Gasteiger partial charge on any atom is -0.481 e. The average molecular weight is 291 g/mol. The molecule has 1 aliphatic rings. The molecule has 0 saturated carbocycles. The van der Waals surface area contributed by atoms with Crippen molar-refractivity contribution in [3.05, 3.63) is 17.5 Å². The Morgan fingerprint density at radius 2 is 2.10 bits per heavy atom. The van der Waals surface area contributed by atoms with Crippen LogP contribution in [-0.2, 0) is 4.79 Å². The third-order valence-electron chi connectivity index (χ3n) is 3.27. The van der Waals surface area contributed by atoms with Crippen molar-refractivity contribution in [3.63, 3.8) is 0 Å². The van der Waals surface area contributed by atoms with Crippen molar-refractivity contribution >= 4 is 11.9 Å². The molecule has 1 aliphatic heterocycles. The summed E-state index contributed by atoms with van der Waals surface area (Å²) in [5.74, 6) is -5.95. The number of hydrogen-bond acceptors (Lipinski definition) is 3. The fourth-order valence-electron chi connectivity index (χ4n) is 2.24. The normalized spacial score (nSPS) is 23.1. The lowest BCUT2D eigenvalue weighted by Gasteiger charge is -2.17. The minimum atomic E-state index is -4.65. The number of aliphatic carboxylic acids is 1. The molecule has 2 atom stereocenters. The van der Waals surface area contributed by atoms with Crippen LogP contribution in [0.1, 0.15) is 16.2 Å². The highest BCUT2D eigenvalue weighted by atomic mass is 19.4. The zero-order valence-corrected chi connectivity index (χ0v) is 10.4. The monoisotopic (exact) mass is 291 g/mol. The van der Waals surface area contributed by atoms with Crippen LogP contribution in [-0.4, -0.2) is 51.3 Å². The highest BCUT2D eigenvalue weighted by molar-refractivity contribution is 5.93. The van der Waals surface area contributed by atoms with Gasteiger partial charge < -0.3 is 10.0 Å². The van der Waals surface area contributed by atoms with Gasteiger partial charge >= 0.3 is 12.1 Å². The van der Waals surface area contributed by atoms with Crippen molar-refractivity contribution in [2.45, 2.75) is 13.1 Å². The molecule has 0 bridgehead atoms. The van der Waals surface area contributed by atoms with Gasteiger partial charge in [-0.1, -0.05) is 0 Å². The number of carbonyl (C=O) groups excluding carboxylic acids is 1. The van der Waals surface area contributed by atoms with E-state index in [4.69, 9.17) is 5.11 Å². The Balaban J connectivity index is 2.20. The number of nitrogens with zero attached hydrogens (tertiary/aromatic N) is 2. The summed E-state index contributed by atoms with van der Waals surface area (Å²) in [6.45, 7) is 0.516. The van der Waals surface area contributed by atoms with Gasteiger partial charge in [-0.05, 0) is 13.0 Å².